The van der Waals surface area contributed by atoms with Gasteiger partial charge in [0, 0.05) is 42.0 Å². The van der Waals surface area contributed by atoms with Crippen LogP contribution >= 0.6 is 0 Å². The first-order valence-electron chi connectivity index (χ1n) is 15.3. The maximum Gasteiger partial charge on any atom is 0.416 e. The zero-order valence-electron chi connectivity index (χ0n) is 27.2. The second-order valence-electron chi connectivity index (χ2n) is 11.9. The van der Waals surface area contributed by atoms with E-state index in [-0.39, 0.29) is 30.0 Å². The summed E-state index contributed by atoms with van der Waals surface area (Å²) in [4.78, 5) is 8.87. The molecule has 1 heterocycles. The van der Waals surface area contributed by atoms with Crippen LogP contribution in [-0.2, 0) is 22.7 Å². The Balaban J connectivity index is 1.42. The van der Waals surface area contributed by atoms with E-state index in [9.17, 15) is 21.6 Å². The van der Waals surface area contributed by atoms with Crippen molar-refractivity contribution in [2.45, 2.75) is 54.9 Å². The van der Waals surface area contributed by atoms with Gasteiger partial charge in [-0.25, -0.2) is 31.5 Å². The monoisotopic (exact) mass is 705 g/mol. The summed E-state index contributed by atoms with van der Waals surface area (Å²) >= 11 is 0. The Bertz CT molecular complexity index is 1880. The molecule has 1 saturated carbocycles. The molecular weight excluding hydrogens is 669 g/mol. The Hall–Kier alpha value is -4.50. The van der Waals surface area contributed by atoms with Gasteiger partial charge in [0.15, 0.2) is 0 Å². The van der Waals surface area contributed by atoms with Crippen LogP contribution in [0, 0.1) is 11.6 Å². The number of aromatic nitrogens is 2. The number of likely N-dealkylation sites (N-methyl/N-ethyl adjacent to an activating group) is 1. The molecule has 0 aliphatic heterocycles. The minimum atomic E-state index is -4.75. The molecule has 1 N–H and O–H groups in total. The van der Waals surface area contributed by atoms with E-state index in [0.29, 0.717) is 48.0 Å². The molecule has 1 aliphatic carbocycles. The molecule has 49 heavy (non-hydrogen) atoms. The number of hydrogen-bond donors (Lipinski definition) is 1. The molecule has 0 saturated heterocycles. The van der Waals surface area contributed by atoms with Crippen molar-refractivity contribution < 1.29 is 39.8 Å². The van der Waals surface area contributed by atoms with E-state index < -0.39 is 44.3 Å². The number of anilines is 2. The van der Waals surface area contributed by atoms with Crippen LogP contribution in [0.5, 0.6) is 11.5 Å². The molecule has 9 nitrogen and oxygen atoms in total. The lowest BCUT2D eigenvalue weighted by Crippen LogP contribution is -2.47. The van der Waals surface area contributed by atoms with Gasteiger partial charge in [-0.05, 0) is 69.1 Å². The van der Waals surface area contributed by atoms with E-state index in [1.165, 1.54) is 32.5 Å². The van der Waals surface area contributed by atoms with Crippen LogP contribution < -0.4 is 19.1 Å². The fraction of sp³-hybridized carbons (Fsp3) is 0.353. The molecule has 3 aromatic carbocycles. The Kier molecular flexibility index (Phi) is 10.6. The van der Waals surface area contributed by atoms with Crippen LogP contribution in [-0.4, -0.2) is 63.7 Å². The lowest BCUT2D eigenvalue weighted by Gasteiger charge is -2.41. The maximum atomic E-state index is 15.8. The van der Waals surface area contributed by atoms with Gasteiger partial charge >= 0.3 is 6.18 Å². The van der Waals surface area contributed by atoms with E-state index >= 15 is 8.78 Å². The van der Waals surface area contributed by atoms with Crippen molar-refractivity contribution in [2.24, 2.45) is 0 Å². The predicted molar refractivity (Wildman–Crippen MR) is 174 cm³/mol. The first kappa shape index (κ1) is 35.8. The third-order valence-electron chi connectivity index (χ3n) is 8.73. The van der Waals surface area contributed by atoms with Crippen molar-refractivity contribution in [2.75, 3.05) is 37.9 Å². The lowest BCUT2D eigenvalue weighted by molar-refractivity contribution is -0.137. The number of alkyl halides is 3. The highest BCUT2D eigenvalue weighted by molar-refractivity contribution is 7.92. The van der Waals surface area contributed by atoms with Crippen LogP contribution in [0.2, 0.25) is 0 Å². The van der Waals surface area contributed by atoms with Crippen molar-refractivity contribution in [1.82, 2.24) is 14.9 Å². The third-order valence-corrected chi connectivity index (χ3v) is 10.5. The van der Waals surface area contributed by atoms with Gasteiger partial charge in [0.2, 0.25) is 0 Å². The number of benzene rings is 3. The number of sulfonamides is 1. The Morgan fingerprint density at radius 3 is 2.39 bits per heavy atom. The topological polar surface area (TPSA) is 96.9 Å². The van der Waals surface area contributed by atoms with Gasteiger partial charge in [-0.2, -0.15) is 13.2 Å². The molecule has 262 valence electrons. The molecule has 1 aliphatic rings. The molecule has 0 amide bonds. The summed E-state index contributed by atoms with van der Waals surface area (Å²) < 4.78 is 111. The summed E-state index contributed by atoms with van der Waals surface area (Å²) in [5.74, 6) is -1.68. The van der Waals surface area contributed by atoms with Gasteiger partial charge in [-0.1, -0.05) is 18.2 Å². The molecular formula is C34H36F5N5O4S. The smallest absolute Gasteiger partial charge is 0.416 e. The lowest BCUT2D eigenvalue weighted by atomic mass is 9.78. The largest absolute Gasteiger partial charge is 0.497 e. The Morgan fingerprint density at radius 2 is 1.73 bits per heavy atom. The summed E-state index contributed by atoms with van der Waals surface area (Å²) in [6, 6.07) is 12.1. The second-order valence-corrected chi connectivity index (χ2v) is 13.8. The highest BCUT2D eigenvalue weighted by Gasteiger charge is 2.36. The van der Waals surface area contributed by atoms with E-state index in [1.807, 2.05) is 4.90 Å². The average molecular weight is 706 g/mol. The number of nitrogens with zero attached hydrogens (tertiary/aromatic N) is 4. The van der Waals surface area contributed by atoms with Crippen molar-refractivity contribution in [3.05, 3.63) is 102 Å². The molecule has 0 radical (unpaired) electrons. The van der Waals surface area contributed by atoms with E-state index in [1.54, 1.807) is 38.4 Å². The van der Waals surface area contributed by atoms with Crippen LogP contribution in [0.4, 0.5) is 33.5 Å². The average Bonchev–Trinajstić information content (AvgIpc) is 3.08. The summed E-state index contributed by atoms with van der Waals surface area (Å²) in [5, 5.41) is 3.04. The van der Waals surface area contributed by atoms with Crippen molar-refractivity contribution in [1.29, 1.82) is 0 Å². The molecule has 15 heteroatoms. The second kappa shape index (κ2) is 14.5. The fourth-order valence-electron chi connectivity index (χ4n) is 6.17. The molecule has 0 bridgehead atoms. The van der Waals surface area contributed by atoms with Crippen molar-refractivity contribution >= 4 is 21.5 Å². The number of rotatable bonds is 11. The quantitative estimate of drug-likeness (QED) is 0.169. The minimum Gasteiger partial charge on any atom is -0.497 e. The zero-order valence-corrected chi connectivity index (χ0v) is 28.0. The van der Waals surface area contributed by atoms with Crippen LogP contribution in [0.1, 0.15) is 41.9 Å². The third kappa shape index (κ3) is 7.88. The van der Waals surface area contributed by atoms with E-state index in [0.717, 1.165) is 28.8 Å². The molecule has 1 aromatic heterocycles. The molecule has 0 spiro atoms. The van der Waals surface area contributed by atoms with Gasteiger partial charge in [-0.3, -0.25) is 0 Å². The van der Waals surface area contributed by atoms with Gasteiger partial charge in [0.1, 0.15) is 40.2 Å². The molecule has 1 fully saturated rings. The first-order valence-corrected chi connectivity index (χ1v) is 16.8. The van der Waals surface area contributed by atoms with E-state index in [4.69, 9.17) is 9.47 Å². The molecule has 3 atom stereocenters. The van der Waals surface area contributed by atoms with Gasteiger partial charge in [0.05, 0.1) is 32.0 Å². The number of halogens is 5. The fourth-order valence-corrected chi connectivity index (χ4v) is 7.63. The number of ether oxygens (including phenoxy) is 2. The highest BCUT2D eigenvalue weighted by atomic mass is 32.2. The summed E-state index contributed by atoms with van der Waals surface area (Å²) in [6.07, 6.45) is -0.603. The van der Waals surface area contributed by atoms with Gasteiger partial charge in [-0.15, -0.1) is 0 Å². The van der Waals surface area contributed by atoms with E-state index in [2.05, 4.69) is 15.3 Å². The Labute approximate surface area is 281 Å². The van der Waals surface area contributed by atoms with Gasteiger partial charge < -0.3 is 19.7 Å². The zero-order chi connectivity index (χ0) is 35.5. The summed E-state index contributed by atoms with van der Waals surface area (Å²) in [7, 11) is 1.73. The molecule has 5 rings (SSSR count). The standard InChI is InChI=1S/C34H36F5N5O4S/c1-43(2)30-15-22(21-6-5-7-24(14-21)34(37,38)39)9-11-28(30)42-29-17-27(36)32(18-26(29)35)49(45,46)44(33-12-13-40-20-41-33)19-23-8-10-25(47-3)16-31(23)48-4/h5-8,10,12-14,16-18,20,22,28,30,42H,9,11,15,19H2,1-4H3/t22-,28-,30-/m0/s1. The van der Waals surface area contributed by atoms with Gasteiger partial charge in [0.25, 0.3) is 10.0 Å². The first-order chi connectivity index (χ1) is 23.2. The highest BCUT2D eigenvalue weighted by Crippen LogP contribution is 2.39. The molecule has 0 unspecified atom stereocenters. The van der Waals surface area contributed by atoms with Crippen LogP contribution in [0.25, 0.3) is 0 Å². The summed E-state index contributed by atoms with van der Waals surface area (Å²) in [6.45, 7) is -0.340. The summed E-state index contributed by atoms with van der Waals surface area (Å²) in [5.41, 5.74) is 0.00408. The van der Waals surface area contributed by atoms with Crippen molar-refractivity contribution in [3.63, 3.8) is 0 Å². The normalized spacial score (nSPS) is 18.3. The molecule has 4 aromatic rings. The Morgan fingerprint density at radius 1 is 0.959 bits per heavy atom. The number of methoxy groups -OCH3 is 2. The number of hydrogen-bond acceptors (Lipinski definition) is 8. The maximum absolute atomic E-state index is 15.8. The van der Waals surface area contributed by atoms with Crippen molar-refractivity contribution in [3.8, 4) is 11.5 Å². The van der Waals surface area contributed by atoms with Crippen LogP contribution in [0.15, 0.2) is 78.1 Å². The predicted octanol–water partition coefficient (Wildman–Crippen LogP) is 6.86. The minimum absolute atomic E-state index is 0.0822. The van der Waals surface area contributed by atoms with Crippen LogP contribution in [0.3, 0.4) is 0 Å². The SMILES string of the molecule is COc1ccc(CN(c2ccncn2)S(=O)(=O)c2cc(F)c(N[C@H]3CC[C@H](c4cccc(C(F)(F)F)c4)C[C@@H]3N(C)C)cc2F)c(OC)c1. The number of nitrogens with one attached hydrogen (secondary N) is 1.